The third-order valence-electron chi connectivity index (χ3n) is 3.02. The molecule has 0 saturated heterocycles. The zero-order valence-electron chi connectivity index (χ0n) is 11.8. The van der Waals surface area contributed by atoms with E-state index in [1.165, 1.54) is 4.68 Å². The predicted octanol–water partition coefficient (Wildman–Crippen LogP) is 2.23. The van der Waals surface area contributed by atoms with E-state index in [0.29, 0.717) is 17.6 Å². The first-order valence-corrected chi connectivity index (χ1v) is 6.48. The highest BCUT2D eigenvalue weighted by molar-refractivity contribution is 5.60. The quantitative estimate of drug-likeness (QED) is 0.796. The molecule has 0 amide bonds. The lowest BCUT2D eigenvalue weighted by molar-refractivity contribution is 0.396. The molecule has 0 radical (unpaired) electrons. The van der Waals surface area contributed by atoms with E-state index in [0.717, 1.165) is 17.0 Å². The topological polar surface area (TPSA) is 78.8 Å². The molecule has 6 nitrogen and oxygen atoms in total. The molecule has 0 aliphatic heterocycles. The van der Waals surface area contributed by atoms with E-state index in [4.69, 9.17) is 10.5 Å². The van der Waals surface area contributed by atoms with E-state index < -0.39 is 0 Å². The van der Waals surface area contributed by atoms with Gasteiger partial charge in [0.05, 0.1) is 18.5 Å². The van der Waals surface area contributed by atoms with Gasteiger partial charge in [-0.15, -0.1) is 0 Å². The Balaban J connectivity index is 2.16. The second-order valence-corrected chi connectivity index (χ2v) is 4.58. The summed E-state index contributed by atoms with van der Waals surface area (Å²) in [6, 6.07) is 13.4. The van der Waals surface area contributed by atoms with Crippen LogP contribution in [0.1, 0.15) is 5.69 Å². The third kappa shape index (κ3) is 2.55. The van der Waals surface area contributed by atoms with E-state index >= 15 is 0 Å². The lowest BCUT2D eigenvalue weighted by Gasteiger charge is -2.08. The van der Waals surface area contributed by atoms with Crippen molar-refractivity contribution in [3.05, 3.63) is 48.2 Å². The van der Waals surface area contributed by atoms with Crippen molar-refractivity contribution in [2.75, 3.05) is 12.8 Å². The highest BCUT2D eigenvalue weighted by Gasteiger charge is 2.12. The molecule has 2 heterocycles. The number of methoxy groups -OCH3 is 1. The lowest BCUT2D eigenvalue weighted by atomic mass is 10.1. The average molecular weight is 281 g/mol. The Kier molecular flexibility index (Phi) is 3.27. The number of anilines is 1. The Morgan fingerprint density at radius 2 is 1.86 bits per heavy atom. The number of aromatic nitrogens is 4. The number of hydrogen-bond donors (Lipinski definition) is 1. The molecule has 3 rings (SSSR count). The van der Waals surface area contributed by atoms with Crippen LogP contribution in [-0.2, 0) is 0 Å². The van der Waals surface area contributed by atoms with Gasteiger partial charge >= 0.3 is 0 Å². The van der Waals surface area contributed by atoms with Gasteiger partial charge < -0.3 is 10.5 Å². The minimum atomic E-state index is 0.388. The fraction of sp³-hybridized carbons (Fsp3) is 0.133. The molecule has 6 heteroatoms. The summed E-state index contributed by atoms with van der Waals surface area (Å²) in [7, 11) is 1.57. The molecule has 106 valence electrons. The van der Waals surface area contributed by atoms with Gasteiger partial charge in [-0.2, -0.15) is 14.8 Å². The molecule has 3 aromatic rings. The Hall–Kier alpha value is -2.89. The smallest absolute Gasteiger partial charge is 0.256 e. The van der Waals surface area contributed by atoms with Crippen LogP contribution in [0.4, 0.5) is 5.82 Å². The molecule has 21 heavy (non-hydrogen) atoms. The molecule has 0 bridgehead atoms. The Labute approximate surface area is 122 Å². The molecule has 0 spiro atoms. The van der Waals surface area contributed by atoms with Gasteiger partial charge in [-0.25, -0.2) is 4.98 Å². The molecule has 1 aromatic carbocycles. The van der Waals surface area contributed by atoms with Crippen molar-refractivity contribution in [3.8, 4) is 23.1 Å². The SMILES string of the molecule is COc1cc(-c2ccccc2)nc(-n2nc(C)cc2N)n1. The number of benzene rings is 1. The summed E-state index contributed by atoms with van der Waals surface area (Å²) in [6.45, 7) is 1.87. The van der Waals surface area contributed by atoms with Gasteiger partial charge in [0.15, 0.2) is 0 Å². The van der Waals surface area contributed by atoms with Gasteiger partial charge in [0, 0.05) is 17.7 Å². The maximum Gasteiger partial charge on any atom is 0.256 e. The Morgan fingerprint density at radius 3 is 2.48 bits per heavy atom. The first-order valence-electron chi connectivity index (χ1n) is 6.48. The molecule has 0 saturated carbocycles. The molecule has 0 aliphatic rings. The molecule has 0 unspecified atom stereocenters. The summed E-state index contributed by atoms with van der Waals surface area (Å²) in [5, 5.41) is 4.30. The van der Waals surface area contributed by atoms with Gasteiger partial charge in [-0.3, -0.25) is 0 Å². The number of hydrogen-bond acceptors (Lipinski definition) is 5. The molecule has 2 aromatic heterocycles. The minimum absolute atomic E-state index is 0.388. The van der Waals surface area contributed by atoms with Crippen LogP contribution < -0.4 is 10.5 Å². The normalized spacial score (nSPS) is 10.6. The number of nitrogens with two attached hydrogens (primary N) is 1. The van der Waals surface area contributed by atoms with Crippen LogP contribution in [0.15, 0.2) is 42.5 Å². The van der Waals surface area contributed by atoms with Crippen LogP contribution in [0.2, 0.25) is 0 Å². The van der Waals surface area contributed by atoms with E-state index in [1.807, 2.05) is 37.3 Å². The van der Waals surface area contributed by atoms with Gasteiger partial charge in [0.2, 0.25) is 5.88 Å². The van der Waals surface area contributed by atoms with Crippen molar-refractivity contribution in [3.63, 3.8) is 0 Å². The number of nitrogen functional groups attached to an aromatic ring is 1. The van der Waals surface area contributed by atoms with Crippen LogP contribution in [0.5, 0.6) is 5.88 Å². The molecular formula is C15H15N5O. The van der Waals surface area contributed by atoms with Crippen LogP contribution in [0, 0.1) is 6.92 Å². The molecule has 2 N–H and O–H groups in total. The predicted molar refractivity (Wildman–Crippen MR) is 80.3 cm³/mol. The van der Waals surface area contributed by atoms with E-state index in [9.17, 15) is 0 Å². The minimum Gasteiger partial charge on any atom is -0.481 e. The number of ether oxygens (including phenoxy) is 1. The van der Waals surface area contributed by atoms with Crippen LogP contribution >= 0.6 is 0 Å². The summed E-state index contributed by atoms with van der Waals surface area (Å²) in [5.74, 6) is 1.34. The van der Waals surface area contributed by atoms with Crippen molar-refractivity contribution in [1.82, 2.24) is 19.7 Å². The molecular weight excluding hydrogens is 266 g/mol. The summed E-state index contributed by atoms with van der Waals surface area (Å²) in [4.78, 5) is 8.83. The van der Waals surface area contributed by atoms with Crippen molar-refractivity contribution < 1.29 is 4.74 Å². The first-order chi connectivity index (χ1) is 10.2. The van der Waals surface area contributed by atoms with Gasteiger partial charge in [0.1, 0.15) is 5.82 Å². The van der Waals surface area contributed by atoms with E-state index in [-0.39, 0.29) is 0 Å². The van der Waals surface area contributed by atoms with Crippen LogP contribution in [0.3, 0.4) is 0 Å². The monoisotopic (exact) mass is 281 g/mol. The first kappa shape index (κ1) is 13.1. The fourth-order valence-electron chi connectivity index (χ4n) is 2.05. The highest BCUT2D eigenvalue weighted by Crippen LogP contribution is 2.22. The number of nitrogens with zero attached hydrogens (tertiary/aromatic N) is 4. The number of aryl methyl sites for hydroxylation is 1. The zero-order valence-corrected chi connectivity index (χ0v) is 11.8. The molecule has 0 aliphatic carbocycles. The maximum atomic E-state index is 5.93. The summed E-state index contributed by atoms with van der Waals surface area (Å²) < 4.78 is 6.76. The van der Waals surface area contributed by atoms with Gasteiger partial charge in [-0.1, -0.05) is 30.3 Å². The maximum absolute atomic E-state index is 5.93. The summed E-state index contributed by atoms with van der Waals surface area (Å²) in [5.41, 5.74) is 8.47. The zero-order chi connectivity index (χ0) is 14.8. The van der Waals surface area contributed by atoms with E-state index in [2.05, 4.69) is 15.1 Å². The molecule has 0 fully saturated rings. The highest BCUT2D eigenvalue weighted by atomic mass is 16.5. The van der Waals surface area contributed by atoms with Gasteiger partial charge in [-0.05, 0) is 6.92 Å². The third-order valence-corrected chi connectivity index (χ3v) is 3.02. The summed E-state index contributed by atoms with van der Waals surface area (Å²) in [6.07, 6.45) is 0. The van der Waals surface area contributed by atoms with Crippen LogP contribution in [0.25, 0.3) is 17.2 Å². The largest absolute Gasteiger partial charge is 0.481 e. The fourth-order valence-corrected chi connectivity index (χ4v) is 2.05. The van der Waals surface area contributed by atoms with Gasteiger partial charge in [0.25, 0.3) is 5.95 Å². The Morgan fingerprint density at radius 1 is 1.10 bits per heavy atom. The second kappa shape index (κ2) is 5.24. The van der Waals surface area contributed by atoms with Crippen molar-refractivity contribution in [2.24, 2.45) is 0 Å². The van der Waals surface area contributed by atoms with Crippen molar-refractivity contribution >= 4 is 5.82 Å². The standard InChI is InChI=1S/C15H15N5O/c1-10-8-13(16)20(19-10)15-17-12(9-14(18-15)21-2)11-6-4-3-5-7-11/h3-9H,16H2,1-2H3. The lowest BCUT2D eigenvalue weighted by Crippen LogP contribution is -2.08. The van der Waals surface area contributed by atoms with Crippen LogP contribution in [-0.4, -0.2) is 26.9 Å². The second-order valence-electron chi connectivity index (χ2n) is 4.58. The summed E-state index contributed by atoms with van der Waals surface area (Å²) >= 11 is 0. The average Bonchev–Trinajstić information content (AvgIpc) is 2.86. The number of rotatable bonds is 3. The van der Waals surface area contributed by atoms with Crippen molar-refractivity contribution in [1.29, 1.82) is 0 Å². The molecule has 0 atom stereocenters. The Bertz CT molecular complexity index is 767. The van der Waals surface area contributed by atoms with Crippen molar-refractivity contribution in [2.45, 2.75) is 6.92 Å². The van der Waals surface area contributed by atoms with E-state index in [1.54, 1.807) is 19.2 Å².